The molecule has 1 aliphatic rings. The number of ether oxygens (including phenoxy) is 3. The number of nitrogen functional groups attached to an aromatic ring is 1. The molecule has 3 aromatic rings. The van der Waals surface area contributed by atoms with Crippen LogP contribution in [0.4, 0.5) is 10.6 Å². The zero-order chi connectivity index (χ0) is 31.6. The van der Waals surface area contributed by atoms with Gasteiger partial charge in [-0.25, -0.2) is 24.5 Å². The molecule has 0 radical (unpaired) electrons. The van der Waals surface area contributed by atoms with Crippen LogP contribution in [0.1, 0.15) is 42.4 Å². The number of amides is 2. The molecule has 1 aromatic carbocycles. The summed E-state index contributed by atoms with van der Waals surface area (Å²) in [7, 11) is 1.30. The fourth-order valence-corrected chi connectivity index (χ4v) is 4.55. The highest BCUT2D eigenvalue weighted by molar-refractivity contribution is 5.89. The van der Waals surface area contributed by atoms with E-state index in [0.717, 1.165) is 12.8 Å². The molecule has 0 unspecified atom stereocenters. The minimum atomic E-state index is -1.42. The lowest BCUT2D eigenvalue weighted by molar-refractivity contribution is -0.147. The van der Waals surface area contributed by atoms with E-state index in [0.29, 0.717) is 48.5 Å². The SMILES string of the molecule is CCNC(=O)[C@@H](OCn1cnc2c(N)nc(C#CCC3CCN(C(=O)Oc4ccc(C(=O)OC)cc4)CC3)nc21)[C@H](O)CO. The first-order valence-corrected chi connectivity index (χ1v) is 14.0. The lowest BCUT2D eigenvalue weighted by Gasteiger charge is -2.30. The molecule has 2 aromatic heterocycles. The van der Waals surface area contributed by atoms with E-state index in [1.807, 2.05) is 0 Å². The van der Waals surface area contributed by atoms with Gasteiger partial charge in [0.2, 0.25) is 5.82 Å². The van der Waals surface area contributed by atoms with Gasteiger partial charge in [0.25, 0.3) is 5.91 Å². The van der Waals surface area contributed by atoms with Crippen LogP contribution in [0.25, 0.3) is 11.2 Å². The van der Waals surface area contributed by atoms with Crippen LogP contribution in [0, 0.1) is 17.8 Å². The molecule has 1 fully saturated rings. The Morgan fingerprint density at radius 1 is 1.18 bits per heavy atom. The molecule has 15 heteroatoms. The number of rotatable bonds is 10. The smallest absolute Gasteiger partial charge is 0.415 e. The van der Waals surface area contributed by atoms with Gasteiger partial charge in [-0.1, -0.05) is 5.92 Å². The molecule has 3 heterocycles. The van der Waals surface area contributed by atoms with Crippen LogP contribution in [0.2, 0.25) is 0 Å². The van der Waals surface area contributed by atoms with E-state index in [4.69, 9.17) is 15.2 Å². The number of benzene rings is 1. The van der Waals surface area contributed by atoms with Crippen molar-refractivity contribution in [1.82, 2.24) is 29.7 Å². The Balaban J connectivity index is 1.32. The Morgan fingerprint density at radius 3 is 2.57 bits per heavy atom. The minimum absolute atomic E-state index is 0.125. The van der Waals surface area contributed by atoms with Crippen LogP contribution in [-0.2, 0) is 21.0 Å². The predicted molar refractivity (Wildman–Crippen MR) is 156 cm³/mol. The molecule has 0 aliphatic carbocycles. The van der Waals surface area contributed by atoms with Crippen LogP contribution < -0.4 is 15.8 Å². The first kappa shape index (κ1) is 32.1. The van der Waals surface area contributed by atoms with Gasteiger partial charge >= 0.3 is 12.1 Å². The Kier molecular flexibility index (Phi) is 11.0. The number of imidazole rings is 1. The van der Waals surface area contributed by atoms with Crippen LogP contribution in [0.15, 0.2) is 30.6 Å². The third-order valence-corrected chi connectivity index (χ3v) is 6.97. The number of carbonyl (C=O) groups is 3. The fourth-order valence-electron chi connectivity index (χ4n) is 4.55. The Hall–Kier alpha value is -4.78. The predicted octanol–water partition coefficient (Wildman–Crippen LogP) is 0.680. The summed E-state index contributed by atoms with van der Waals surface area (Å²) in [4.78, 5) is 50.9. The largest absolute Gasteiger partial charge is 0.465 e. The number of aliphatic hydroxyl groups excluding tert-OH is 2. The standard InChI is InChI=1S/C29H35N7O8/c1-3-31-27(39)24(21(38)15-37)43-17-36-16-32-23-25(30)33-22(34-26(23)36)6-4-5-18-11-13-35(14-12-18)29(41)44-20-9-7-19(8-10-20)28(40)42-2/h7-10,16,18,21,24,37-38H,3,5,11-15,17H2,1-2H3,(H,31,39)(H2,30,33,34)/t21-,24+/m1/s1. The van der Waals surface area contributed by atoms with Gasteiger partial charge in [-0.2, -0.15) is 0 Å². The van der Waals surface area contributed by atoms with E-state index in [2.05, 4.69) is 36.8 Å². The normalized spacial score (nSPS) is 14.8. The Labute approximate surface area is 253 Å². The van der Waals surface area contributed by atoms with Gasteiger partial charge in [0.15, 0.2) is 17.6 Å². The van der Waals surface area contributed by atoms with Gasteiger partial charge in [-0.05, 0) is 55.9 Å². The van der Waals surface area contributed by atoms with Crippen LogP contribution in [-0.4, -0.2) is 98.2 Å². The number of hydrogen-bond acceptors (Lipinski definition) is 12. The molecule has 4 rings (SSSR count). The number of methoxy groups -OCH3 is 1. The minimum Gasteiger partial charge on any atom is -0.465 e. The molecule has 5 N–H and O–H groups in total. The van der Waals surface area contributed by atoms with Crippen molar-refractivity contribution in [3.05, 3.63) is 42.0 Å². The first-order chi connectivity index (χ1) is 21.2. The van der Waals surface area contributed by atoms with Crippen molar-refractivity contribution < 1.29 is 38.8 Å². The molecule has 1 aliphatic heterocycles. The van der Waals surface area contributed by atoms with Crippen molar-refractivity contribution in [3.63, 3.8) is 0 Å². The topological polar surface area (TPSA) is 204 Å². The number of anilines is 1. The lowest BCUT2D eigenvalue weighted by Crippen LogP contribution is -2.45. The lowest BCUT2D eigenvalue weighted by atomic mass is 9.94. The number of nitrogens with two attached hydrogens (primary N) is 1. The van der Waals surface area contributed by atoms with Crippen LogP contribution in [0.5, 0.6) is 5.75 Å². The molecule has 15 nitrogen and oxygen atoms in total. The summed E-state index contributed by atoms with van der Waals surface area (Å²) in [6.07, 6.45) is 0.289. The van der Waals surface area contributed by atoms with Crippen LogP contribution in [0.3, 0.4) is 0 Å². The summed E-state index contributed by atoms with van der Waals surface area (Å²) in [5.41, 5.74) is 7.11. The second-order valence-electron chi connectivity index (χ2n) is 10.0. The zero-order valence-electron chi connectivity index (χ0n) is 24.4. The third kappa shape index (κ3) is 7.98. The molecular weight excluding hydrogens is 574 g/mol. The molecule has 0 bridgehead atoms. The van der Waals surface area contributed by atoms with Gasteiger partial charge in [-0.3, -0.25) is 9.36 Å². The number of fused-ring (bicyclic) bond motifs is 1. The van der Waals surface area contributed by atoms with Crippen molar-refractivity contribution in [2.45, 2.75) is 45.1 Å². The maximum absolute atomic E-state index is 12.6. The summed E-state index contributed by atoms with van der Waals surface area (Å²) in [5.74, 6) is 5.92. The fraction of sp³-hybridized carbons (Fsp3) is 0.448. The monoisotopic (exact) mass is 609 g/mol. The molecule has 234 valence electrons. The number of likely N-dealkylation sites (N-methyl/N-ethyl adjacent to an activating group) is 1. The average molecular weight is 610 g/mol. The van der Waals surface area contributed by atoms with E-state index >= 15 is 0 Å². The molecule has 1 saturated heterocycles. The quantitative estimate of drug-likeness (QED) is 0.185. The highest BCUT2D eigenvalue weighted by atomic mass is 16.6. The van der Waals surface area contributed by atoms with E-state index in [1.165, 1.54) is 30.1 Å². The molecule has 0 saturated carbocycles. The van der Waals surface area contributed by atoms with Crippen molar-refractivity contribution in [2.75, 3.05) is 39.1 Å². The van der Waals surface area contributed by atoms with Gasteiger partial charge < -0.3 is 40.4 Å². The number of nitrogens with one attached hydrogen (secondary N) is 1. The van der Waals surface area contributed by atoms with Crippen LogP contribution >= 0.6 is 0 Å². The first-order valence-electron chi connectivity index (χ1n) is 14.0. The second kappa shape index (κ2) is 15.1. The number of piperidine rings is 1. The van der Waals surface area contributed by atoms with Crippen molar-refractivity contribution >= 4 is 35.0 Å². The number of aromatic nitrogens is 4. The second-order valence-corrected chi connectivity index (χ2v) is 10.0. The Morgan fingerprint density at radius 2 is 1.91 bits per heavy atom. The summed E-state index contributed by atoms with van der Waals surface area (Å²) in [5, 5.41) is 21.9. The molecule has 2 atom stereocenters. The zero-order valence-corrected chi connectivity index (χ0v) is 24.4. The molecule has 2 amide bonds. The van der Waals surface area contributed by atoms with Gasteiger partial charge in [-0.15, -0.1) is 0 Å². The van der Waals surface area contributed by atoms with Crippen molar-refractivity contribution in [3.8, 4) is 17.6 Å². The maximum atomic E-state index is 12.6. The number of aliphatic hydroxyl groups is 2. The summed E-state index contributed by atoms with van der Waals surface area (Å²) < 4.78 is 17.2. The number of likely N-dealkylation sites (tertiary alicyclic amines) is 1. The number of nitrogens with zero attached hydrogens (tertiary/aromatic N) is 5. The number of hydrogen-bond donors (Lipinski definition) is 4. The highest BCUT2D eigenvalue weighted by Gasteiger charge is 2.27. The van der Waals surface area contributed by atoms with Gasteiger partial charge in [0, 0.05) is 26.1 Å². The third-order valence-electron chi connectivity index (χ3n) is 6.97. The summed E-state index contributed by atoms with van der Waals surface area (Å²) in [6, 6.07) is 6.15. The Bertz CT molecular complexity index is 1520. The molecule has 44 heavy (non-hydrogen) atoms. The van der Waals surface area contributed by atoms with Crippen molar-refractivity contribution in [1.29, 1.82) is 0 Å². The van der Waals surface area contributed by atoms with Crippen molar-refractivity contribution in [2.24, 2.45) is 5.92 Å². The summed E-state index contributed by atoms with van der Waals surface area (Å²) in [6.45, 7) is 2.24. The maximum Gasteiger partial charge on any atom is 0.415 e. The summed E-state index contributed by atoms with van der Waals surface area (Å²) >= 11 is 0. The average Bonchev–Trinajstić information content (AvgIpc) is 3.44. The van der Waals surface area contributed by atoms with E-state index < -0.39 is 36.8 Å². The van der Waals surface area contributed by atoms with E-state index in [1.54, 1.807) is 24.0 Å². The molecular formula is C29H35N7O8. The number of esters is 1. The molecule has 0 spiro atoms. The number of carbonyl (C=O) groups excluding carboxylic acids is 3. The van der Waals surface area contributed by atoms with Gasteiger partial charge in [0.1, 0.15) is 24.1 Å². The van der Waals surface area contributed by atoms with E-state index in [-0.39, 0.29) is 24.3 Å². The van der Waals surface area contributed by atoms with E-state index in [9.17, 15) is 24.6 Å². The van der Waals surface area contributed by atoms with Gasteiger partial charge in [0.05, 0.1) is 25.6 Å². The highest BCUT2D eigenvalue weighted by Crippen LogP contribution is 2.22.